The van der Waals surface area contributed by atoms with Crippen molar-refractivity contribution in [2.75, 3.05) is 13.2 Å². The largest absolute Gasteiger partial charge is 0.494 e. The number of ether oxygens (including phenoxy) is 3. The quantitative estimate of drug-likeness (QED) is 0.167. The van der Waals surface area contributed by atoms with Crippen LogP contribution in [0.25, 0.3) is 0 Å². The fourth-order valence-corrected chi connectivity index (χ4v) is 6.79. The normalized spacial score (nSPS) is 23.0. The number of phosphoric acid groups is 1. The minimum Gasteiger partial charge on any atom is -0.494 e. The van der Waals surface area contributed by atoms with E-state index in [0.717, 1.165) is 16.8 Å². The van der Waals surface area contributed by atoms with Crippen LogP contribution in [0.1, 0.15) is 29.1 Å². The number of carbonyl (C=O) groups excluding carboxylic acids is 1. The van der Waals surface area contributed by atoms with Crippen LogP contribution in [0.3, 0.4) is 0 Å². The van der Waals surface area contributed by atoms with E-state index in [0.29, 0.717) is 17.9 Å². The minimum atomic E-state index is -5.21. The summed E-state index contributed by atoms with van der Waals surface area (Å²) in [6.07, 6.45) is -5.81. The molecule has 15 nitrogen and oxygen atoms in total. The van der Waals surface area contributed by atoms with Gasteiger partial charge < -0.3 is 29.1 Å². The van der Waals surface area contributed by atoms with Crippen LogP contribution in [0.2, 0.25) is 0 Å². The van der Waals surface area contributed by atoms with Crippen LogP contribution in [0, 0.1) is 0 Å². The second kappa shape index (κ2) is 13.3. The summed E-state index contributed by atoms with van der Waals surface area (Å²) >= 11 is 0. The summed E-state index contributed by atoms with van der Waals surface area (Å²) in [5, 5.41) is 10.9. The first kappa shape index (κ1) is 31.5. The predicted molar refractivity (Wildman–Crippen MR) is 145 cm³/mol. The third-order valence-electron chi connectivity index (χ3n) is 5.94. The van der Waals surface area contributed by atoms with Crippen LogP contribution >= 0.6 is 15.4 Å². The Morgan fingerprint density at radius 3 is 2.38 bits per heavy atom. The number of nitrogens with zero attached hydrogens (tertiary/aromatic N) is 1. The first-order valence-corrected chi connectivity index (χ1v) is 15.8. The molecule has 1 saturated heterocycles. The number of phosphoric ester groups is 1. The van der Waals surface area contributed by atoms with Gasteiger partial charge in [0.2, 0.25) is 0 Å². The van der Waals surface area contributed by atoms with E-state index in [1.165, 1.54) is 24.3 Å². The van der Waals surface area contributed by atoms with Gasteiger partial charge >= 0.3 is 27.1 Å². The van der Waals surface area contributed by atoms with Crippen LogP contribution in [-0.2, 0) is 33.6 Å². The van der Waals surface area contributed by atoms with E-state index >= 15 is 0 Å². The summed E-state index contributed by atoms with van der Waals surface area (Å²) in [5.41, 5.74) is -1.23. The third kappa shape index (κ3) is 8.12. The average molecular weight is 626 g/mol. The van der Waals surface area contributed by atoms with E-state index in [9.17, 15) is 38.4 Å². The SMILES string of the molecule is CCOc1ccc(CP(=O)(O)OP(=O)(O)OC[C@H]2O[C@@H](n3ccc(=O)[nH]c3=O)[C@@H](OC(=O)c3ccccc3)C2O)cc1. The Bertz CT molecular complexity index is 1590. The highest BCUT2D eigenvalue weighted by molar-refractivity contribution is 7.63. The number of esters is 1. The Balaban J connectivity index is 1.46. The molecule has 0 aliphatic carbocycles. The average Bonchev–Trinajstić information content (AvgIpc) is 3.23. The molecule has 0 saturated carbocycles. The number of carbonyl (C=O) groups is 1. The van der Waals surface area contributed by atoms with Gasteiger partial charge in [-0.1, -0.05) is 30.3 Å². The van der Waals surface area contributed by atoms with Gasteiger partial charge in [-0.05, 0) is 36.8 Å². The molecule has 2 heterocycles. The van der Waals surface area contributed by atoms with Gasteiger partial charge in [0.25, 0.3) is 5.56 Å². The topological polar surface area (TPSA) is 213 Å². The smallest absolute Gasteiger partial charge is 0.479 e. The Labute approximate surface area is 238 Å². The summed E-state index contributed by atoms with van der Waals surface area (Å²) in [6.45, 7) is 1.33. The second-order valence-corrected chi connectivity index (χ2v) is 12.5. The molecular formula is C25H28N2O13P2. The molecule has 17 heteroatoms. The van der Waals surface area contributed by atoms with Gasteiger partial charge in [-0.25, -0.2) is 18.5 Å². The Kier molecular flexibility index (Phi) is 9.97. The molecule has 2 aromatic carbocycles. The summed E-state index contributed by atoms with van der Waals surface area (Å²) < 4.78 is 51.7. The highest BCUT2D eigenvalue weighted by Crippen LogP contribution is 2.61. The maximum atomic E-state index is 12.7. The molecular weight excluding hydrogens is 598 g/mol. The fourth-order valence-electron chi connectivity index (χ4n) is 4.07. The lowest BCUT2D eigenvalue weighted by Crippen LogP contribution is -2.40. The molecule has 1 fully saturated rings. The Morgan fingerprint density at radius 1 is 1.05 bits per heavy atom. The van der Waals surface area contributed by atoms with Crippen molar-refractivity contribution >= 4 is 21.4 Å². The zero-order valence-electron chi connectivity index (χ0n) is 22.0. The molecule has 0 spiro atoms. The molecule has 1 aliphatic heterocycles. The van der Waals surface area contributed by atoms with E-state index in [1.807, 2.05) is 4.98 Å². The number of aromatic amines is 1. The standard InChI is InChI=1S/C25H28N2O13P2/c1-2-36-18-10-8-16(9-11-18)15-41(32,33)40-42(34,35)37-14-19-21(29)22(39-24(30)17-6-4-3-5-7-17)23(38-19)27-13-12-20(28)26-25(27)31/h3-13,19,21-23,29H,2,14-15H2,1H3,(H,32,33)(H,34,35)(H,26,28,31)/t19-,21?,22+,23-/m1/s1. The lowest BCUT2D eigenvalue weighted by atomic mass is 10.1. The molecule has 4 N–H and O–H groups in total. The van der Waals surface area contributed by atoms with Gasteiger partial charge in [0, 0.05) is 12.3 Å². The zero-order chi connectivity index (χ0) is 30.5. The maximum absolute atomic E-state index is 12.7. The van der Waals surface area contributed by atoms with E-state index in [2.05, 4.69) is 4.31 Å². The van der Waals surface area contributed by atoms with E-state index < -0.39 is 69.9 Å². The van der Waals surface area contributed by atoms with Crippen molar-refractivity contribution in [3.05, 3.63) is 98.8 Å². The Morgan fingerprint density at radius 2 is 1.74 bits per heavy atom. The number of aliphatic hydroxyl groups excluding tert-OH is 1. The number of hydrogen-bond acceptors (Lipinski definition) is 11. The van der Waals surface area contributed by atoms with Crippen LogP contribution in [0.15, 0.2) is 76.4 Å². The van der Waals surface area contributed by atoms with Crippen LogP contribution in [0.4, 0.5) is 0 Å². The van der Waals surface area contributed by atoms with Gasteiger partial charge in [0.05, 0.1) is 24.9 Å². The number of benzene rings is 2. The number of aromatic nitrogens is 2. The van der Waals surface area contributed by atoms with Crippen molar-refractivity contribution in [3.63, 3.8) is 0 Å². The number of rotatable bonds is 12. The molecule has 226 valence electrons. The van der Waals surface area contributed by atoms with Gasteiger partial charge in [-0.2, -0.15) is 0 Å². The van der Waals surface area contributed by atoms with E-state index in [-0.39, 0.29) is 5.56 Å². The van der Waals surface area contributed by atoms with Gasteiger partial charge in [0.1, 0.15) is 18.0 Å². The summed E-state index contributed by atoms with van der Waals surface area (Å²) in [5.74, 6) is -0.352. The molecule has 4 rings (SSSR count). The summed E-state index contributed by atoms with van der Waals surface area (Å²) in [7, 11) is -9.92. The molecule has 1 aliphatic rings. The van der Waals surface area contributed by atoms with Gasteiger partial charge in [0.15, 0.2) is 12.3 Å². The first-order chi connectivity index (χ1) is 19.9. The number of H-pyrrole nitrogens is 1. The minimum absolute atomic E-state index is 0.122. The van der Waals surface area contributed by atoms with Crippen molar-refractivity contribution in [1.29, 1.82) is 0 Å². The molecule has 1 aromatic heterocycles. The van der Waals surface area contributed by atoms with Crippen LogP contribution in [-0.4, -0.2) is 61.9 Å². The van der Waals surface area contributed by atoms with Crippen molar-refractivity contribution in [1.82, 2.24) is 9.55 Å². The predicted octanol–water partition coefficient (Wildman–Crippen LogP) is 1.94. The van der Waals surface area contributed by atoms with Gasteiger partial charge in [-0.3, -0.25) is 23.4 Å². The monoisotopic (exact) mass is 626 g/mol. The number of aliphatic hydroxyl groups is 1. The highest BCUT2D eigenvalue weighted by Gasteiger charge is 2.49. The van der Waals surface area contributed by atoms with E-state index in [1.54, 1.807) is 37.3 Å². The van der Waals surface area contributed by atoms with E-state index in [4.69, 9.17) is 18.7 Å². The molecule has 0 bridgehead atoms. The zero-order valence-corrected chi connectivity index (χ0v) is 23.8. The van der Waals surface area contributed by atoms with Crippen molar-refractivity contribution in [2.24, 2.45) is 0 Å². The summed E-state index contributed by atoms with van der Waals surface area (Å²) in [6, 6.07) is 14.8. The van der Waals surface area contributed by atoms with Crippen LogP contribution in [0.5, 0.6) is 5.75 Å². The molecule has 42 heavy (non-hydrogen) atoms. The summed E-state index contributed by atoms with van der Waals surface area (Å²) in [4.78, 5) is 59.0. The van der Waals surface area contributed by atoms with Crippen molar-refractivity contribution in [2.45, 2.75) is 37.6 Å². The third-order valence-corrected chi connectivity index (χ3v) is 9.03. The Hall–Kier alpha value is -3.39. The lowest BCUT2D eigenvalue weighted by Gasteiger charge is -2.22. The van der Waals surface area contributed by atoms with Crippen molar-refractivity contribution < 1.29 is 51.9 Å². The molecule has 6 atom stereocenters. The maximum Gasteiger partial charge on any atom is 0.479 e. The number of hydrogen-bond donors (Lipinski definition) is 4. The molecule has 3 unspecified atom stereocenters. The first-order valence-electron chi connectivity index (χ1n) is 12.5. The van der Waals surface area contributed by atoms with Gasteiger partial charge in [-0.15, -0.1) is 0 Å². The molecule has 0 amide bonds. The molecule has 3 aromatic rings. The highest BCUT2D eigenvalue weighted by atomic mass is 31.3. The fraction of sp³-hybridized carbons (Fsp3) is 0.320. The van der Waals surface area contributed by atoms with Crippen molar-refractivity contribution in [3.8, 4) is 5.75 Å². The lowest BCUT2D eigenvalue weighted by molar-refractivity contribution is -0.0596. The van der Waals surface area contributed by atoms with Crippen LogP contribution < -0.4 is 16.0 Å². The number of nitrogens with one attached hydrogen (secondary N) is 1. The molecule has 0 radical (unpaired) electrons. The second-order valence-electron chi connectivity index (χ2n) is 9.03.